The number of hydrogen-bond acceptors (Lipinski definition) is 1. The standard InChI is InChI=1S/C12H13ClO/c13-12-4-2-1-3-11(12)10(7-8-14)9-5-6-9/h1-4,8-10H,5-7H2. The minimum absolute atomic E-state index is 0.348. The average molecular weight is 209 g/mol. The van der Waals surface area contributed by atoms with Crippen LogP contribution in [0.4, 0.5) is 0 Å². The molecule has 0 bridgehead atoms. The first-order valence-electron chi connectivity index (χ1n) is 5.01. The van der Waals surface area contributed by atoms with Crippen molar-refractivity contribution < 1.29 is 4.79 Å². The Morgan fingerprint density at radius 3 is 2.71 bits per heavy atom. The van der Waals surface area contributed by atoms with Crippen LogP contribution in [0, 0.1) is 5.92 Å². The third kappa shape index (κ3) is 1.98. The molecular formula is C12H13ClO. The fourth-order valence-electron chi connectivity index (χ4n) is 1.95. The predicted molar refractivity (Wildman–Crippen MR) is 57.6 cm³/mol. The largest absolute Gasteiger partial charge is 0.303 e. The topological polar surface area (TPSA) is 17.1 Å². The summed E-state index contributed by atoms with van der Waals surface area (Å²) >= 11 is 6.11. The van der Waals surface area contributed by atoms with Crippen LogP contribution in [0.2, 0.25) is 5.02 Å². The van der Waals surface area contributed by atoms with Crippen LogP contribution < -0.4 is 0 Å². The lowest BCUT2D eigenvalue weighted by Crippen LogP contribution is -2.02. The van der Waals surface area contributed by atoms with Crippen LogP contribution in [-0.2, 0) is 4.79 Å². The van der Waals surface area contributed by atoms with Crippen molar-refractivity contribution in [1.82, 2.24) is 0 Å². The monoisotopic (exact) mass is 208 g/mol. The zero-order chi connectivity index (χ0) is 9.97. The van der Waals surface area contributed by atoms with Crippen LogP contribution >= 0.6 is 11.6 Å². The Balaban J connectivity index is 2.25. The van der Waals surface area contributed by atoms with Gasteiger partial charge in [0.2, 0.25) is 0 Å². The predicted octanol–water partition coefficient (Wildman–Crippen LogP) is 3.42. The van der Waals surface area contributed by atoms with E-state index in [1.54, 1.807) is 0 Å². The van der Waals surface area contributed by atoms with Gasteiger partial charge in [0.25, 0.3) is 0 Å². The summed E-state index contributed by atoms with van der Waals surface area (Å²) in [7, 11) is 0. The fraction of sp³-hybridized carbons (Fsp3) is 0.417. The van der Waals surface area contributed by atoms with Gasteiger partial charge in [-0.05, 0) is 36.3 Å². The summed E-state index contributed by atoms with van der Waals surface area (Å²) in [6, 6.07) is 7.85. The van der Waals surface area contributed by atoms with Gasteiger partial charge in [-0.2, -0.15) is 0 Å². The molecule has 0 amide bonds. The Kier molecular flexibility index (Phi) is 2.87. The molecule has 0 aromatic heterocycles. The molecule has 1 saturated carbocycles. The van der Waals surface area contributed by atoms with Crippen molar-refractivity contribution in [2.45, 2.75) is 25.2 Å². The lowest BCUT2D eigenvalue weighted by Gasteiger charge is -2.14. The zero-order valence-corrected chi connectivity index (χ0v) is 8.70. The molecule has 74 valence electrons. The third-order valence-electron chi connectivity index (χ3n) is 2.85. The summed E-state index contributed by atoms with van der Waals surface area (Å²) in [6.07, 6.45) is 4.09. The Morgan fingerprint density at radius 1 is 1.43 bits per heavy atom. The second-order valence-electron chi connectivity index (χ2n) is 3.87. The third-order valence-corrected chi connectivity index (χ3v) is 3.19. The molecule has 1 nitrogen and oxygen atoms in total. The smallest absolute Gasteiger partial charge is 0.120 e. The van der Waals surface area contributed by atoms with Gasteiger partial charge in [-0.3, -0.25) is 0 Å². The molecule has 0 aliphatic heterocycles. The van der Waals surface area contributed by atoms with E-state index in [0.717, 1.165) is 16.9 Å². The molecule has 1 unspecified atom stereocenters. The summed E-state index contributed by atoms with van der Waals surface area (Å²) in [5.74, 6) is 1.03. The highest BCUT2D eigenvalue weighted by atomic mass is 35.5. The summed E-state index contributed by atoms with van der Waals surface area (Å²) in [4.78, 5) is 10.6. The van der Waals surface area contributed by atoms with Crippen molar-refractivity contribution >= 4 is 17.9 Å². The van der Waals surface area contributed by atoms with E-state index in [4.69, 9.17) is 11.6 Å². The Hall–Kier alpha value is -0.820. The molecule has 1 aliphatic rings. The zero-order valence-electron chi connectivity index (χ0n) is 7.95. The van der Waals surface area contributed by atoms with Crippen molar-refractivity contribution in [3.63, 3.8) is 0 Å². The van der Waals surface area contributed by atoms with Gasteiger partial charge in [-0.25, -0.2) is 0 Å². The highest BCUT2D eigenvalue weighted by Gasteiger charge is 2.32. The van der Waals surface area contributed by atoms with Gasteiger partial charge >= 0.3 is 0 Å². The molecule has 0 saturated heterocycles. The molecule has 0 radical (unpaired) electrons. The summed E-state index contributed by atoms with van der Waals surface area (Å²) in [5, 5.41) is 0.797. The summed E-state index contributed by atoms with van der Waals surface area (Å²) in [6.45, 7) is 0. The molecule has 14 heavy (non-hydrogen) atoms. The molecule has 0 heterocycles. The Morgan fingerprint density at radius 2 is 2.14 bits per heavy atom. The molecule has 2 rings (SSSR count). The second-order valence-corrected chi connectivity index (χ2v) is 4.28. The van der Waals surface area contributed by atoms with Gasteiger partial charge in [0.1, 0.15) is 6.29 Å². The minimum atomic E-state index is 0.348. The van der Waals surface area contributed by atoms with Crippen molar-refractivity contribution in [3.8, 4) is 0 Å². The minimum Gasteiger partial charge on any atom is -0.303 e. The lowest BCUT2D eigenvalue weighted by atomic mass is 9.91. The van der Waals surface area contributed by atoms with Gasteiger partial charge in [-0.15, -0.1) is 0 Å². The maximum atomic E-state index is 10.6. The van der Waals surface area contributed by atoms with Gasteiger partial charge < -0.3 is 4.79 Å². The average Bonchev–Trinajstić information content (AvgIpc) is 2.99. The van der Waals surface area contributed by atoms with E-state index in [1.165, 1.54) is 12.8 Å². The normalized spacial score (nSPS) is 17.8. The number of halogens is 1. The van der Waals surface area contributed by atoms with E-state index in [2.05, 4.69) is 0 Å². The van der Waals surface area contributed by atoms with E-state index in [9.17, 15) is 4.79 Å². The van der Waals surface area contributed by atoms with E-state index in [-0.39, 0.29) is 0 Å². The summed E-state index contributed by atoms with van der Waals surface area (Å²) in [5.41, 5.74) is 1.14. The fourth-order valence-corrected chi connectivity index (χ4v) is 2.23. The van der Waals surface area contributed by atoms with Crippen molar-refractivity contribution in [2.24, 2.45) is 5.92 Å². The number of aldehydes is 1. The van der Waals surface area contributed by atoms with Gasteiger partial charge in [0.15, 0.2) is 0 Å². The van der Waals surface area contributed by atoms with Crippen molar-refractivity contribution in [3.05, 3.63) is 34.9 Å². The number of benzene rings is 1. The Bertz CT molecular complexity index is 331. The molecule has 0 spiro atoms. The highest BCUT2D eigenvalue weighted by Crippen LogP contribution is 2.45. The van der Waals surface area contributed by atoms with E-state index in [1.807, 2.05) is 24.3 Å². The molecule has 0 N–H and O–H groups in total. The number of carbonyl (C=O) groups excluding carboxylic acids is 1. The molecule has 1 fully saturated rings. The maximum Gasteiger partial charge on any atom is 0.120 e. The first-order chi connectivity index (χ1) is 6.83. The molecule has 1 aromatic rings. The van der Waals surface area contributed by atoms with Crippen LogP contribution in [0.15, 0.2) is 24.3 Å². The molecule has 2 heteroatoms. The second kappa shape index (κ2) is 4.14. The van der Waals surface area contributed by atoms with E-state index >= 15 is 0 Å². The first kappa shape index (κ1) is 9.72. The van der Waals surface area contributed by atoms with Crippen LogP contribution in [0.25, 0.3) is 0 Å². The maximum absolute atomic E-state index is 10.6. The first-order valence-corrected chi connectivity index (χ1v) is 5.39. The van der Waals surface area contributed by atoms with Gasteiger partial charge in [-0.1, -0.05) is 29.8 Å². The van der Waals surface area contributed by atoms with Crippen molar-refractivity contribution in [2.75, 3.05) is 0 Å². The molecule has 1 aromatic carbocycles. The van der Waals surface area contributed by atoms with Gasteiger partial charge in [0.05, 0.1) is 0 Å². The number of rotatable bonds is 4. The van der Waals surface area contributed by atoms with E-state index < -0.39 is 0 Å². The SMILES string of the molecule is O=CCC(c1ccccc1Cl)C1CC1. The molecule has 1 atom stereocenters. The van der Waals surface area contributed by atoms with Crippen LogP contribution in [0.5, 0.6) is 0 Å². The number of hydrogen-bond donors (Lipinski definition) is 0. The molecule has 1 aliphatic carbocycles. The highest BCUT2D eigenvalue weighted by molar-refractivity contribution is 6.31. The van der Waals surface area contributed by atoms with Crippen LogP contribution in [0.3, 0.4) is 0 Å². The van der Waals surface area contributed by atoms with Crippen LogP contribution in [0.1, 0.15) is 30.7 Å². The summed E-state index contributed by atoms with van der Waals surface area (Å²) < 4.78 is 0. The van der Waals surface area contributed by atoms with Gasteiger partial charge in [0, 0.05) is 11.4 Å². The quantitative estimate of drug-likeness (QED) is 0.693. The molecular weight excluding hydrogens is 196 g/mol. The lowest BCUT2D eigenvalue weighted by molar-refractivity contribution is -0.108. The van der Waals surface area contributed by atoms with E-state index in [0.29, 0.717) is 18.3 Å². The number of carbonyl (C=O) groups is 1. The Labute approximate surface area is 89.1 Å². The van der Waals surface area contributed by atoms with Crippen LogP contribution in [-0.4, -0.2) is 6.29 Å². The van der Waals surface area contributed by atoms with Crippen molar-refractivity contribution in [1.29, 1.82) is 0 Å².